The van der Waals surface area contributed by atoms with Gasteiger partial charge in [0.1, 0.15) is 0 Å². The number of aryl methyl sites for hydroxylation is 1. The molecule has 1 saturated carbocycles. The average molecular weight is 292 g/mol. The highest BCUT2D eigenvalue weighted by atomic mass is 15.3. The summed E-state index contributed by atoms with van der Waals surface area (Å²) in [6.07, 6.45) is 11.8. The van der Waals surface area contributed by atoms with Crippen molar-refractivity contribution in [1.82, 2.24) is 14.7 Å². The molecule has 4 heteroatoms. The van der Waals surface area contributed by atoms with Gasteiger partial charge in [0.2, 0.25) is 0 Å². The van der Waals surface area contributed by atoms with Crippen molar-refractivity contribution in [3.8, 4) is 0 Å². The van der Waals surface area contributed by atoms with E-state index in [1.165, 1.54) is 44.1 Å². The second kappa shape index (κ2) is 7.41. The van der Waals surface area contributed by atoms with E-state index in [9.17, 15) is 0 Å². The molecule has 0 spiro atoms. The van der Waals surface area contributed by atoms with Crippen LogP contribution in [-0.4, -0.2) is 33.3 Å². The van der Waals surface area contributed by atoms with Crippen molar-refractivity contribution in [2.24, 2.45) is 18.7 Å². The molecule has 4 nitrogen and oxygen atoms in total. The summed E-state index contributed by atoms with van der Waals surface area (Å²) >= 11 is 0. The minimum atomic E-state index is 0.206. The number of hydrogen-bond donors (Lipinski definition) is 1. The number of hydrogen-bond acceptors (Lipinski definition) is 3. The Bertz CT molecular complexity index is 418. The van der Waals surface area contributed by atoms with E-state index in [1.807, 2.05) is 17.9 Å². The lowest BCUT2D eigenvalue weighted by atomic mass is 9.74. The van der Waals surface area contributed by atoms with Crippen molar-refractivity contribution in [1.29, 1.82) is 0 Å². The molecule has 21 heavy (non-hydrogen) atoms. The highest BCUT2D eigenvalue weighted by Crippen LogP contribution is 2.38. The summed E-state index contributed by atoms with van der Waals surface area (Å²) < 4.78 is 1.89. The molecule has 1 aliphatic carbocycles. The van der Waals surface area contributed by atoms with Gasteiger partial charge in [-0.05, 0) is 44.6 Å². The Labute approximate surface area is 129 Å². The van der Waals surface area contributed by atoms with Gasteiger partial charge < -0.3 is 5.73 Å². The second-order valence-electron chi connectivity index (χ2n) is 6.72. The first-order valence-electron chi connectivity index (χ1n) is 8.56. The van der Waals surface area contributed by atoms with Gasteiger partial charge in [-0.15, -0.1) is 0 Å². The number of nitrogens with zero attached hydrogens (tertiary/aromatic N) is 3. The van der Waals surface area contributed by atoms with E-state index in [0.717, 1.165) is 25.6 Å². The van der Waals surface area contributed by atoms with E-state index in [-0.39, 0.29) is 5.54 Å². The minimum Gasteiger partial charge on any atom is -0.329 e. The molecule has 0 bridgehead atoms. The molecule has 0 aliphatic heterocycles. The average Bonchev–Trinajstić information content (AvgIpc) is 2.92. The van der Waals surface area contributed by atoms with Crippen LogP contribution in [0.2, 0.25) is 0 Å². The first-order valence-corrected chi connectivity index (χ1v) is 8.56. The molecule has 0 amide bonds. The predicted molar refractivity (Wildman–Crippen MR) is 87.9 cm³/mol. The molecule has 0 radical (unpaired) electrons. The Morgan fingerprint density at radius 1 is 1.38 bits per heavy atom. The van der Waals surface area contributed by atoms with Crippen molar-refractivity contribution < 1.29 is 0 Å². The Morgan fingerprint density at radius 2 is 2.10 bits per heavy atom. The Morgan fingerprint density at radius 3 is 2.57 bits per heavy atom. The summed E-state index contributed by atoms with van der Waals surface area (Å²) in [7, 11) is 1.98. The molecule has 1 fully saturated rings. The second-order valence-corrected chi connectivity index (χ2v) is 6.72. The largest absolute Gasteiger partial charge is 0.329 e. The third kappa shape index (κ3) is 3.86. The van der Waals surface area contributed by atoms with E-state index in [1.54, 1.807) is 0 Å². The fourth-order valence-corrected chi connectivity index (χ4v) is 3.80. The lowest BCUT2D eigenvalue weighted by molar-refractivity contribution is 0.0347. The first kappa shape index (κ1) is 16.5. The van der Waals surface area contributed by atoms with Gasteiger partial charge in [0, 0.05) is 37.4 Å². The van der Waals surface area contributed by atoms with E-state index >= 15 is 0 Å². The van der Waals surface area contributed by atoms with Crippen molar-refractivity contribution in [3.05, 3.63) is 18.0 Å². The maximum atomic E-state index is 6.25. The number of nitrogens with two attached hydrogens (primary N) is 1. The zero-order valence-corrected chi connectivity index (χ0v) is 14.0. The smallest absolute Gasteiger partial charge is 0.0534 e. The summed E-state index contributed by atoms with van der Waals surface area (Å²) in [5.41, 5.74) is 7.76. The third-order valence-electron chi connectivity index (χ3n) is 5.29. The zero-order chi connectivity index (χ0) is 15.3. The molecule has 0 aromatic carbocycles. The quantitative estimate of drug-likeness (QED) is 0.840. The zero-order valence-electron chi connectivity index (χ0n) is 14.0. The molecule has 120 valence electrons. The molecule has 1 aromatic heterocycles. The number of rotatable bonds is 7. The summed E-state index contributed by atoms with van der Waals surface area (Å²) in [4.78, 5) is 2.63. The van der Waals surface area contributed by atoms with E-state index in [4.69, 9.17) is 5.73 Å². The van der Waals surface area contributed by atoms with Crippen LogP contribution in [-0.2, 0) is 13.6 Å². The minimum absolute atomic E-state index is 0.206. The highest BCUT2D eigenvalue weighted by molar-refractivity contribution is 5.06. The third-order valence-corrected chi connectivity index (χ3v) is 5.29. The van der Waals surface area contributed by atoms with E-state index in [2.05, 4.69) is 30.0 Å². The molecule has 1 aromatic rings. The highest BCUT2D eigenvalue weighted by Gasteiger charge is 2.38. The van der Waals surface area contributed by atoms with Crippen LogP contribution in [0.1, 0.15) is 57.9 Å². The summed E-state index contributed by atoms with van der Waals surface area (Å²) in [6.45, 7) is 7.47. The fraction of sp³-hybridized carbons (Fsp3) is 0.824. The first-order chi connectivity index (χ1) is 10.1. The topological polar surface area (TPSA) is 47.1 Å². The van der Waals surface area contributed by atoms with Gasteiger partial charge in [0.25, 0.3) is 0 Å². The molecule has 0 saturated heterocycles. The van der Waals surface area contributed by atoms with Gasteiger partial charge in [0.15, 0.2) is 0 Å². The van der Waals surface area contributed by atoms with Crippen LogP contribution in [0, 0.1) is 5.92 Å². The van der Waals surface area contributed by atoms with Crippen LogP contribution in [0.25, 0.3) is 0 Å². The summed E-state index contributed by atoms with van der Waals surface area (Å²) in [5.74, 6) is 0.909. The number of aromatic nitrogens is 2. The maximum absolute atomic E-state index is 6.25. The van der Waals surface area contributed by atoms with E-state index in [0.29, 0.717) is 0 Å². The SMILES string of the molecule is CCCN(Cc1cnn(C)c1)C1(CN)CCC(CC)CC1. The van der Waals surface area contributed by atoms with Crippen molar-refractivity contribution >= 4 is 0 Å². The molecule has 0 atom stereocenters. The van der Waals surface area contributed by atoms with Gasteiger partial charge in [0.05, 0.1) is 6.20 Å². The molecule has 2 N–H and O–H groups in total. The van der Waals surface area contributed by atoms with Gasteiger partial charge in [-0.25, -0.2) is 0 Å². The lowest BCUT2D eigenvalue weighted by Gasteiger charge is -2.47. The van der Waals surface area contributed by atoms with Gasteiger partial charge >= 0.3 is 0 Å². The lowest BCUT2D eigenvalue weighted by Crippen LogP contribution is -2.55. The Kier molecular flexibility index (Phi) is 5.82. The molecular formula is C17H32N4. The van der Waals surface area contributed by atoms with Crippen molar-refractivity contribution in [2.45, 2.75) is 64.5 Å². The van der Waals surface area contributed by atoms with Crippen LogP contribution >= 0.6 is 0 Å². The monoisotopic (exact) mass is 292 g/mol. The van der Waals surface area contributed by atoms with Crippen LogP contribution in [0.4, 0.5) is 0 Å². The summed E-state index contributed by atoms with van der Waals surface area (Å²) in [5, 5.41) is 4.31. The van der Waals surface area contributed by atoms with Crippen LogP contribution < -0.4 is 5.73 Å². The van der Waals surface area contributed by atoms with Gasteiger partial charge in [-0.1, -0.05) is 20.3 Å². The van der Waals surface area contributed by atoms with Crippen LogP contribution in [0.5, 0.6) is 0 Å². The van der Waals surface area contributed by atoms with Crippen LogP contribution in [0.15, 0.2) is 12.4 Å². The van der Waals surface area contributed by atoms with E-state index < -0.39 is 0 Å². The maximum Gasteiger partial charge on any atom is 0.0534 e. The van der Waals surface area contributed by atoms with Gasteiger partial charge in [-0.3, -0.25) is 9.58 Å². The standard InChI is InChI=1S/C17H32N4/c1-4-10-21(13-16-11-19-20(3)12-16)17(14-18)8-6-15(5-2)7-9-17/h11-12,15H,4-10,13-14,18H2,1-3H3. The molecular weight excluding hydrogens is 260 g/mol. The molecule has 2 rings (SSSR count). The van der Waals surface area contributed by atoms with Crippen molar-refractivity contribution in [3.63, 3.8) is 0 Å². The Hall–Kier alpha value is -0.870. The predicted octanol–water partition coefficient (Wildman–Crippen LogP) is 2.93. The van der Waals surface area contributed by atoms with Gasteiger partial charge in [-0.2, -0.15) is 5.10 Å². The summed E-state index contributed by atoms with van der Waals surface area (Å²) in [6, 6.07) is 0. The Balaban J connectivity index is 2.10. The molecule has 1 heterocycles. The molecule has 0 unspecified atom stereocenters. The fourth-order valence-electron chi connectivity index (χ4n) is 3.80. The molecule has 1 aliphatic rings. The normalized spacial score (nSPS) is 26.4. The van der Waals surface area contributed by atoms with Crippen molar-refractivity contribution in [2.75, 3.05) is 13.1 Å². The van der Waals surface area contributed by atoms with Crippen LogP contribution in [0.3, 0.4) is 0 Å².